The van der Waals surface area contributed by atoms with E-state index in [0.29, 0.717) is 23.3 Å². The molecular weight excluding hydrogens is 460 g/mol. The molecule has 0 aliphatic heterocycles. The summed E-state index contributed by atoms with van der Waals surface area (Å²) in [6.07, 6.45) is 1.79. The highest BCUT2D eigenvalue weighted by Gasteiger charge is 2.15. The van der Waals surface area contributed by atoms with E-state index >= 15 is 0 Å². The van der Waals surface area contributed by atoms with Crippen LogP contribution < -0.4 is 5.32 Å². The number of halogens is 2. The number of allylic oxidation sites excluding steroid dienone is 1. The van der Waals surface area contributed by atoms with Crippen molar-refractivity contribution in [3.63, 3.8) is 0 Å². The molecule has 0 fully saturated rings. The third-order valence-corrected chi connectivity index (χ3v) is 5.61. The summed E-state index contributed by atoms with van der Waals surface area (Å²) in [6.45, 7) is 4.83. The summed E-state index contributed by atoms with van der Waals surface area (Å²) < 4.78 is 2.95. The van der Waals surface area contributed by atoms with Crippen molar-refractivity contribution >= 4 is 45.2 Å². The van der Waals surface area contributed by atoms with Crippen LogP contribution in [0.15, 0.2) is 70.8 Å². The molecule has 0 saturated carbocycles. The average molecular weight is 478 g/mol. The van der Waals surface area contributed by atoms with Crippen LogP contribution in [-0.2, 0) is 17.9 Å². The summed E-state index contributed by atoms with van der Waals surface area (Å²) >= 11 is 10.7. The largest absolute Gasteiger partial charge is 0.351 e. The highest BCUT2D eigenvalue weighted by molar-refractivity contribution is 9.10. The quantitative estimate of drug-likeness (QED) is 0.368. The Morgan fingerprint density at radius 2 is 1.89 bits per heavy atom. The van der Waals surface area contributed by atoms with Gasteiger partial charge in [0.25, 0.3) is 0 Å². The van der Waals surface area contributed by atoms with Crippen molar-refractivity contribution in [2.24, 2.45) is 0 Å². The Bertz CT molecular complexity index is 957. The third-order valence-electron chi connectivity index (χ3n) is 3.87. The van der Waals surface area contributed by atoms with Crippen LogP contribution in [0.4, 0.5) is 0 Å². The van der Waals surface area contributed by atoms with E-state index in [-0.39, 0.29) is 11.7 Å². The Kier molecular flexibility index (Phi) is 7.30. The molecule has 0 aliphatic carbocycles. The normalized spacial score (nSPS) is 10.6. The molecule has 0 bridgehead atoms. The third kappa shape index (κ3) is 5.47. The topological polar surface area (TPSA) is 59.8 Å². The monoisotopic (exact) mass is 476 g/mol. The molecule has 1 heterocycles. The van der Waals surface area contributed by atoms with Gasteiger partial charge in [0.2, 0.25) is 5.91 Å². The molecule has 144 valence electrons. The molecule has 2 aromatic carbocycles. The number of carbonyl (C=O) groups is 1. The van der Waals surface area contributed by atoms with Gasteiger partial charge in [0.15, 0.2) is 11.0 Å². The van der Waals surface area contributed by atoms with Gasteiger partial charge in [-0.05, 0) is 29.8 Å². The fourth-order valence-electron chi connectivity index (χ4n) is 2.49. The van der Waals surface area contributed by atoms with Crippen molar-refractivity contribution in [2.75, 3.05) is 5.75 Å². The highest BCUT2D eigenvalue weighted by atomic mass is 79.9. The van der Waals surface area contributed by atoms with Crippen LogP contribution in [0.2, 0.25) is 5.02 Å². The number of amides is 1. The minimum Gasteiger partial charge on any atom is -0.351 e. The second-order valence-corrected chi connectivity index (χ2v) is 8.20. The first kappa shape index (κ1) is 20.6. The number of thioether (sulfide) groups is 1. The number of rotatable bonds is 8. The van der Waals surface area contributed by atoms with E-state index in [9.17, 15) is 4.79 Å². The van der Waals surface area contributed by atoms with Gasteiger partial charge in [-0.3, -0.25) is 9.36 Å². The van der Waals surface area contributed by atoms with Crippen LogP contribution in [0.1, 0.15) is 5.56 Å². The maximum Gasteiger partial charge on any atom is 0.230 e. The Hall–Kier alpha value is -2.09. The Labute approximate surface area is 181 Å². The lowest BCUT2D eigenvalue weighted by Crippen LogP contribution is -2.24. The summed E-state index contributed by atoms with van der Waals surface area (Å²) in [5.74, 6) is 0.929. The second kappa shape index (κ2) is 9.91. The molecule has 0 atom stereocenters. The molecule has 28 heavy (non-hydrogen) atoms. The Morgan fingerprint density at radius 3 is 2.57 bits per heavy atom. The lowest BCUT2D eigenvalue weighted by Gasteiger charge is -2.08. The van der Waals surface area contributed by atoms with Crippen LogP contribution in [0.25, 0.3) is 11.4 Å². The molecular formula is C20H18BrClN4OS. The summed E-state index contributed by atoms with van der Waals surface area (Å²) in [4.78, 5) is 12.2. The molecule has 3 rings (SSSR count). The first-order valence-electron chi connectivity index (χ1n) is 8.51. The van der Waals surface area contributed by atoms with Crippen molar-refractivity contribution in [3.8, 4) is 11.4 Å². The van der Waals surface area contributed by atoms with E-state index in [1.165, 1.54) is 11.8 Å². The van der Waals surface area contributed by atoms with Crippen molar-refractivity contribution in [1.82, 2.24) is 20.1 Å². The molecule has 8 heteroatoms. The molecule has 0 aliphatic rings. The number of nitrogens with zero attached hydrogens (tertiary/aromatic N) is 3. The number of benzene rings is 2. The maximum atomic E-state index is 12.2. The minimum absolute atomic E-state index is 0.0710. The molecule has 1 aromatic heterocycles. The predicted molar refractivity (Wildman–Crippen MR) is 117 cm³/mol. The fraction of sp³-hybridized carbons (Fsp3) is 0.150. The standard InChI is InChI=1S/C20H18BrClN4OS/c1-2-11-26-19(15-5-7-16(21)8-6-15)24-25-20(26)28-13-18(27)23-12-14-3-9-17(22)10-4-14/h2-10H,1,11-13H2,(H,23,27). The first-order chi connectivity index (χ1) is 13.6. The zero-order valence-electron chi connectivity index (χ0n) is 14.9. The van der Waals surface area contributed by atoms with Crippen molar-refractivity contribution in [3.05, 3.63) is 76.2 Å². The predicted octanol–water partition coefficient (Wildman–Crippen LogP) is 4.96. The Morgan fingerprint density at radius 1 is 1.18 bits per heavy atom. The Balaban J connectivity index is 1.63. The van der Waals surface area contributed by atoms with Crippen LogP contribution in [0, 0.1) is 0 Å². The minimum atomic E-state index is -0.0710. The molecule has 1 N–H and O–H groups in total. The summed E-state index contributed by atoms with van der Waals surface area (Å²) in [7, 11) is 0. The zero-order valence-corrected chi connectivity index (χ0v) is 18.1. The van der Waals surface area contributed by atoms with E-state index in [1.54, 1.807) is 18.2 Å². The number of carbonyl (C=O) groups excluding carboxylic acids is 1. The van der Waals surface area contributed by atoms with Gasteiger partial charge in [-0.2, -0.15) is 0 Å². The molecule has 0 unspecified atom stereocenters. The van der Waals surface area contributed by atoms with Crippen LogP contribution in [0.5, 0.6) is 0 Å². The lowest BCUT2D eigenvalue weighted by atomic mass is 10.2. The van der Waals surface area contributed by atoms with Gasteiger partial charge in [-0.1, -0.05) is 69.6 Å². The van der Waals surface area contributed by atoms with Crippen molar-refractivity contribution in [1.29, 1.82) is 0 Å². The van der Waals surface area contributed by atoms with E-state index < -0.39 is 0 Å². The number of aromatic nitrogens is 3. The van der Waals surface area contributed by atoms with Crippen LogP contribution in [-0.4, -0.2) is 26.4 Å². The second-order valence-electron chi connectivity index (χ2n) is 5.90. The van der Waals surface area contributed by atoms with Gasteiger partial charge in [-0.15, -0.1) is 16.8 Å². The molecule has 0 saturated heterocycles. The molecule has 0 radical (unpaired) electrons. The molecule has 3 aromatic rings. The van der Waals surface area contributed by atoms with E-state index in [1.807, 2.05) is 41.0 Å². The summed E-state index contributed by atoms with van der Waals surface area (Å²) in [5.41, 5.74) is 1.95. The zero-order chi connectivity index (χ0) is 19.9. The fourth-order valence-corrected chi connectivity index (χ4v) is 3.65. The van der Waals surface area contributed by atoms with Gasteiger partial charge in [0, 0.05) is 28.1 Å². The first-order valence-corrected chi connectivity index (χ1v) is 10.7. The van der Waals surface area contributed by atoms with E-state index in [0.717, 1.165) is 21.4 Å². The maximum absolute atomic E-state index is 12.2. The molecule has 5 nitrogen and oxygen atoms in total. The van der Waals surface area contributed by atoms with Gasteiger partial charge in [0.1, 0.15) is 0 Å². The van der Waals surface area contributed by atoms with E-state index in [2.05, 4.69) is 38.0 Å². The van der Waals surface area contributed by atoms with Gasteiger partial charge < -0.3 is 5.32 Å². The van der Waals surface area contributed by atoms with Crippen molar-refractivity contribution < 1.29 is 4.79 Å². The smallest absolute Gasteiger partial charge is 0.230 e. The number of hydrogen-bond donors (Lipinski definition) is 1. The molecule has 1 amide bonds. The van der Waals surface area contributed by atoms with Gasteiger partial charge >= 0.3 is 0 Å². The van der Waals surface area contributed by atoms with Crippen molar-refractivity contribution in [2.45, 2.75) is 18.2 Å². The van der Waals surface area contributed by atoms with Gasteiger partial charge in [0.05, 0.1) is 5.75 Å². The SMILES string of the molecule is C=CCn1c(SCC(=O)NCc2ccc(Cl)cc2)nnc1-c1ccc(Br)cc1. The van der Waals surface area contributed by atoms with E-state index in [4.69, 9.17) is 11.6 Å². The average Bonchev–Trinajstić information content (AvgIpc) is 3.09. The highest BCUT2D eigenvalue weighted by Crippen LogP contribution is 2.25. The number of nitrogens with one attached hydrogen (secondary N) is 1. The lowest BCUT2D eigenvalue weighted by molar-refractivity contribution is -0.118. The molecule has 0 spiro atoms. The van der Waals surface area contributed by atoms with Crippen LogP contribution >= 0.6 is 39.3 Å². The van der Waals surface area contributed by atoms with Gasteiger partial charge in [-0.25, -0.2) is 0 Å². The summed E-state index contributed by atoms with van der Waals surface area (Å²) in [6, 6.07) is 15.3. The van der Waals surface area contributed by atoms with Crippen LogP contribution in [0.3, 0.4) is 0 Å². The number of hydrogen-bond acceptors (Lipinski definition) is 4. The summed E-state index contributed by atoms with van der Waals surface area (Å²) in [5, 5.41) is 12.8.